The van der Waals surface area contributed by atoms with Crippen molar-refractivity contribution in [3.63, 3.8) is 0 Å². The lowest BCUT2D eigenvalue weighted by Crippen LogP contribution is -2.31. The lowest BCUT2D eigenvalue weighted by molar-refractivity contribution is -0.117. The van der Waals surface area contributed by atoms with Crippen molar-refractivity contribution in [1.82, 2.24) is 0 Å². The molecule has 1 amide bonds. The fraction of sp³-hybridized carbons (Fsp3) is 0.235. The van der Waals surface area contributed by atoms with Crippen molar-refractivity contribution in [2.75, 3.05) is 18.6 Å². The normalized spacial score (nSPS) is 10.1. The fourth-order valence-electron chi connectivity index (χ4n) is 2.16. The number of likely N-dealkylation sites (N-methyl/N-ethyl adjacent to an activating group) is 1. The Hall–Kier alpha value is -2.29. The molecule has 0 heterocycles. The Labute approximate surface area is 119 Å². The number of carbonyl (C=O) groups excluding carboxylic acids is 1. The van der Waals surface area contributed by atoms with E-state index in [0.29, 0.717) is 13.0 Å². The monoisotopic (exact) mass is 269 g/mol. The quantitative estimate of drug-likeness (QED) is 0.833. The zero-order valence-electron chi connectivity index (χ0n) is 11.9. The number of amides is 1. The molecule has 0 radical (unpaired) electrons. The van der Waals surface area contributed by atoms with Gasteiger partial charge in [-0.25, -0.2) is 0 Å². The minimum absolute atomic E-state index is 0.0898. The van der Waals surface area contributed by atoms with Gasteiger partial charge in [-0.2, -0.15) is 0 Å². The van der Waals surface area contributed by atoms with Gasteiger partial charge in [0.1, 0.15) is 5.75 Å². The first-order valence-electron chi connectivity index (χ1n) is 6.73. The van der Waals surface area contributed by atoms with Crippen molar-refractivity contribution in [2.45, 2.75) is 13.3 Å². The summed E-state index contributed by atoms with van der Waals surface area (Å²) in [5.74, 6) is 0.866. The molecular formula is C17H19NO2. The summed E-state index contributed by atoms with van der Waals surface area (Å²) in [6, 6.07) is 17.4. The largest absolute Gasteiger partial charge is 0.497 e. The smallest absolute Gasteiger partial charge is 0.231 e. The van der Waals surface area contributed by atoms with Crippen molar-refractivity contribution >= 4 is 11.6 Å². The third kappa shape index (κ3) is 3.38. The van der Waals surface area contributed by atoms with Crippen LogP contribution in [0.3, 0.4) is 0 Å². The maximum Gasteiger partial charge on any atom is 0.231 e. The van der Waals surface area contributed by atoms with Crippen LogP contribution in [0.2, 0.25) is 0 Å². The standard InChI is InChI=1S/C17H19NO2/c1-3-18(15-9-5-4-6-10-15)17(19)13-14-8-7-11-16(12-14)20-2/h4-12H,3,13H2,1-2H3. The second-order valence-corrected chi connectivity index (χ2v) is 4.50. The van der Waals surface area contributed by atoms with E-state index in [-0.39, 0.29) is 5.91 Å². The van der Waals surface area contributed by atoms with Crippen LogP contribution < -0.4 is 9.64 Å². The molecule has 3 heteroatoms. The first kappa shape index (κ1) is 14.1. The average molecular weight is 269 g/mol. The van der Waals surface area contributed by atoms with Crippen LogP contribution in [-0.4, -0.2) is 19.6 Å². The Bertz CT molecular complexity index is 566. The molecule has 104 valence electrons. The van der Waals surface area contributed by atoms with Crippen LogP contribution >= 0.6 is 0 Å². The van der Waals surface area contributed by atoms with Crippen LogP contribution in [0.4, 0.5) is 5.69 Å². The van der Waals surface area contributed by atoms with Gasteiger partial charge in [-0.3, -0.25) is 4.79 Å². The van der Waals surface area contributed by atoms with Crippen LogP contribution in [-0.2, 0) is 11.2 Å². The number of anilines is 1. The predicted molar refractivity (Wildman–Crippen MR) is 81.2 cm³/mol. The van der Waals surface area contributed by atoms with Gasteiger partial charge in [0.2, 0.25) is 5.91 Å². The molecule has 0 saturated carbocycles. The third-order valence-electron chi connectivity index (χ3n) is 3.17. The van der Waals surface area contributed by atoms with Crippen molar-refractivity contribution < 1.29 is 9.53 Å². The Balaban J connectivity index is 2.13. The lowest BCUT2D eigenvalue weighted by Gasteiger charge is -2.21. The highest BCUT2D eigenvalue weighted by molar-refractivity contribution is 5.94. The summed E-state index contributed by atoms with van der Waals surface area (Å²) >= 11 is 0. The van der Waals surface area contributed by atoms with E-state index in [1.54, 1.807) is 12.0 Å². The summed E-state index contributed by atoms with van der Waals surface area (Å²) in [6.07, 6.45) is 0.375. The number of nitrogens with zero attached hydrogens (tertiary/aromatic N) is 1. The molecule has 0 aliphatic carbocycles. The molecule has 0 saturated heterocycles. The Morgan fingerprint density at radius 3 is 2.50 bits per heavy atom. The van der Waals surface area contributed by atoms with Crippen LogP contribution in [0.15, 0.2) is 54.6 Å². The predicted octanol–water partition coefficient (Wildman–Crippen LogP) is 3.29. The SMILES string of the molecule is CCN(C(=O)Cc1cccc(OC)c1)c1ccccc1. The number of hydrogen-bond acceptors (Lipinski definition) is 2. The van der Waals surface area contributed by atoms with E-state index in [2.05, 4.69) is 0 Å². The number of ether oxygens (including phenoxy) is 1. The minimum Gasteiger partial charge on any atom is -0.497 e. The number of para-hydroxylation sites is 1. The van der Waals surface area contributed by atoms with Crippen LogP contribution in [0, 0.1) is 0 Å². The molecule has 0 aliphatic heterocycles. The van der Waals surface area contributed by atoms with E-state index in [1.807, 2.05) is 61.5 Å². The highest BCUT2D eigenvalue weighted by Gasteiger charge is 2.14. The van der Waals surface area contributed by atoms with E-state index in [9.17, 15) is 4.79 Å². The molecule has 0 fully saturated rings. The van der Waals surface area contributed by atoms with Crippen LogP contribution in [0.5, 0.6) is 5.75 Å². The summed E-state index contributed by atoms with van der Waals surface area (Å²) in [4.78, 5) is 14.2. The molecule has 20 heavy (non-hydrogen) atoms. The van der Waals surface area contributed by atoms with Crippen LogP contribution in [0.25, 0.3) is 0 Å². The average Bonchev–Trinajstić information content (AvgIpc) is 2.49. The summed E-state index contributed by atoms with van der Waals surface area (Å²) in [6.45, 7) is 2.64. The molecule has 0 aromatic heterocycles. The van der Waals surface area contributed by atoms with Crippen LogP contribution in [0.1, 0.15) is 12.5 Å². The second-order valence-electron chi connectivity index (χ2n) is 4.50. The number of rotatable bonds is 5. The molecule has 2 rings (SSSR count). The van der Waals surface area contributed by atoms with Gasteiger partial charge in [0, 0.05) is 12.2 Å². The molecule has 0 N–H and O–H groups in total. The number of benzene rings is 2. The molecule has 0 spiro atoms. The zero-order chi connectivity index (χ0) is 14.4. The Kier molecular flexibility index (Phi) is 4.77. The first-order chi connectivity index (χ1) is 9.74. The molecular weight excluding hydrogens is 250 g/mol. The molecule has 2 aromatic rings. The molecule has 0 bridgehead atoms. The van der Waals surface area contributed by atoms with E-state index in [0.717, 1.165) is 17.0 Å². The van der Waals surface area contributed by atoms with E-state index >= 15 is 0 Å². The summed E-state index contributed by atoms with van der Waals surface area (Å²) < 4.78 is 5.18. The maximum absolute atomic E-state index is 12.4. The molecule has 2 aromatic carbocycles. The Morgan fingerprint density at radius 2 is 1.85 bits per heavy atom. The first-order valence-corrected chi connectivity index (χ1v) is 6.73. The van der Waals surface area contributed by atoms with Gasteiger partial charge < -0.3 is 9.64 Å². The summed E-state index contributed by atoms with van der Waals surface area (Å²) in [5, 5.41) is 0. The zero-order valence-corrected chi connectivity index (χ0v) is 11.9. The van der Waals surface area contributed by atoms with Gasteiger partial charge in [0.25, 0.3) is 0 Å². The lowest BCUT2D eigenvalue weighted by atomic mass is 10.1. The topological polar surface area (TPSA) is 29.5 Å². The van der Waals surface area contributed by atoms with Gasteiger partial charge in [-0.1, -0.05) is 30.3 Å². The van der Waals surface area contributed by atoms with Gasteiger partial charge in [0.05, 0.1) is 13.5 Å². The molecule has 0 unspecified atom stereocenters. The number of carbonyl (C=O) groups is 1. The van der Waals surface area contributed by atoms with Gasteiger partial charge in [0.15, 0.2) is 0 Å². The maximum atomic E-state index is 12.4. The summed E-state index contributed by atoms with van der Waals surface area (Å²) in [7, 11) is 1.63. The second kappa shape index (κ2) is 6.75. The van der Waals surface area contributed by atoms with Gasteiger partial charge >= 0.3 is 0 Å². The molecule has 0 atom stereocenters. The summed E-state index contributed by atoms with van der Waals surface area (Å²) in [5.41, 5.74) is 1.90. The minimum atomic E-state index is 0.0898. The van der Waals surface area contributed by atoms with E-state index in [4.69, 9.17) is 4.74 Å². The van der Waals surface area contributed by atoms with Crippen molar-refractivity contribution in [1.29, 1.82) is 0 Å². The van der Waals surface area contributed by atoms with Gasteiger partial charge in [-0.15, -0.1) is 0 Å². The highest BCUT2D eigenvalue weighted by Crippen LogP contribution is 2.17. The third-order valence-corrected chi connectivity index (χ3v) is 3.17. The van der Waals surface area contributed by atoms with Gasteiger partial charge in [-0.05, 0) is 36.8 Å². The highest BCUT2D eigenvalue weighted by atomic mass is 16.5. The van der Waals surface area contributed by atoms with Crippen molar-refractivity contribution in [3.8, 4) is 5.75 Å². The number of methoxy groups -OCH3 is 1. The van der Waals surface area contributed by atoms with E-state index < -0.39 is 0 Å². The Morgan fingerprint density at radius 1 is 1.10 bits per heavy atom. The number of hydrogen-bond donors (Lipinski definition) is 0. The fourth-order valence-corrected chi connectivity index (χ4v) is 2.16. The molecule has 3 nitrogen and oxygen atoms in total. The van der Waals surface area contributed by atoms with Crippen molar-refractivity contribution in [3.05, 3.63) is 60.2 Å². The van der Waals surface area contributed by atoms with Crippen molar-refractivity contribution in [2.24, 2.45) is 0 Å². The molecule has 0 aliphatic rings. The van der Waals surface area contributed by atoms with E-state index in [1.165, 1.54) is 0 Å².